The van der Waals surface area contributed by atoms with Crippen molar-refractivity contribution in [1.29, 1.82) is 0 Å². The molecule has 0 radical (unpaired) electrons. The number of allylic oxidation sites excluding steroid dienone is 6. The first-order valence-electron chi connectivity index (χ1n) is 11.8. The maximum atomic E-state index is 11.0. The van der Waals surface area contributed by atoms with Gasteiger partial charge in [0.25, 0.3) is 0 Å². The van der Waals surface area contributed by atoms with E-state index in [0.29, 0.717) is 12.8 Å². The fourth-order valence-electron chi connectivity index (χ4n) is 3.11. The molecule has 0 aromatic rings. The lowest BCUT2D eigenvalue weighted by Crippen LogP contribution is -1.98. The molecule has 0 saturated carbocycles. The Morgan fingerprint density at radius 3 is 1.23 bits per heavy atom. The van der Waals surface area contributed by atoms with Crippen LogP contribution in [0, 0.1) is 0 Å². The van der Waals surface area contributed by atoms with Crippen molar-refractivity contribution >= 4 is 11.9 Å². The van der Waals surface area contributed by atoms with E-state index < -0.39 is 0 Å². The fraction of sp³-hybridized carbons (Fsp3) is 0.692. The van der Waals surface area contributed by atoms with Crippen LogP contribution in [0.25, 0.3) is 0 Å². The molecule has 0 fully saturated rings. The van der Waals surface area contributed by atoms with E-state index in [1.165, 1.54) is 52.7 Å². The van der Waals surface area contributed by atoms with E-state index in [-0.39, 0.29) is 11.9 Å². The summed E-state index contributed by atoms with van der Waals surface area (Å²) in [5.41, 5.74) is 0. The first kappa shape index (κ1) is 28.2. The molecule has 0 unspecified atom stereocenters. The highest BCUT2D eigenvalue weighted by molar-refractivity contribution is 5.69. The number of hydrogen-bond acceptors (Lipinski definition) is 4. The lowest BCUT2D eigenvalue weighted by molar-refractivity contribution is -0.141. The second-order valence-electron chi connectivity index (χ2n) is 7.65. The topological polar surface area (TPSA) is 52.6 Å². The maximum Gasteiger partial charge on any atom is 0.305 e. The molecule has 0 bridgehead atoms. The highest BCUT2D eigenvalue weighted by Gasteiger charge is 1.99. The van der Waals surface area contributed by atoms with Gasteiger partial charge in [-0.3, -0.25) is 9.59 Å². The second-order valence-corrected chi connectivity index (χ2v) is 7.65. The van der Waals surface area contributed by atoms with Crippen molar-refractivity contribution < 1.29 is 19.1 Å². The first-order valence-corrected chi connectivity index (χ1v) is 11.8. The molecule has 4 heteroatoms. The van der Waals surface area contributed by atoms with E-state index in [2.05, 4.69) is 45.9 Å². The Morgan fingerprint density at radius 2 is 0.833 bits per heavy atom. The van der Waals surface area contributed by atoms with Gasteiger partial charge in [0.15, 0.2) is 0 Å². The molecule has 0 atom stereocenters. The summed E-state index contributed by atoms with van der Waals surface area (Å²) in [4.78, 5) is 22.0. The van der Waals surface area contributed by atoms with Crippen LogP contribution >= 0.6 is 0 Å². The number of rotatable bonds is 20. The van der Waals surface area contributed by atoms with E-state index >= 15 is 0 Å². The van der Waals surface area contributed by atoms with Crippen LogP contribution < -0.4 is 0 Å². The predicted octanol–water partition coefficient (Wildman–Crippen LogP) is 7.24. The summed E-state index contributed by atoms with van der Waals surface area (Å²) in [6.45, 7) is 0. The van der Waals surface area contributed by atoms with Crippen LogP contribution in [0.1, 0.15) is 103 Å². The minimum Gasteiger partial charge on any atom is -0.469 e. The molecule has 0 heterocycles. The van der Waals surface area contributed by atoms with Crippen molar-refractivity contribution in [2.75, 3.05) is 14.2 Å². The Bertz CT molecular complexity index is 447. The van der Waals surface area contributed by atoms with Gasteiger partial charge in [0.05, 0.1) is 14.2 Å². The molecule has 0 aliphatic rings. The smallest absolute Gasteiger partial charge is 0.305 e. The third kappa shape index (κ3) is 22.4. The van der Waals surface area contributed by atoms with E-state index in [1.54, 1.807) is 0 Å². The number of carbonyl (C=O) groups is 2. The first-order chi connectivity index (χ1) is 14.7. The number of ether oxygens (including phenoxy) is 2. The zero-order valence-electron chi connectivity index (χ0n) is 19.4. The molecular weight excluding hydrogens is 376 g/mol. The summed E-state index contributed by atoms with van der Waals surface area (Å²) in [5, 5.41) is 0. The molecule has 0 aliphatic heterocycles. The average molecular weight is 421 g/mol. The third-order valence-corrected chi connectivity index (χ3v) is 5.00. The van der Waals surface area contributed by atoms with Gasteiger partial charge >= 0.3 is 11.9 Å². The summed E-state index contributed by atoms with van der Waals surface area (Å²) in [6.07, 6.45) is 30.4. The van der Waals surface area contributed by atoms with Crippen LogP contribution in [0.4, 0.5) is 0 Å². The van der Waals surface area contributed by atoms with Crippen molar-refractivity contribution in [3.05, 3.63) is 36.5 Å². The molecule has 0 N–H and O–H groups in total. The van der Waals surface area contributed by atoms with Crippen LogP contribution in [-0.2, 0) is 19.1 Å². The van der Waals surface area contributed by atoms with E-state index in [0.717, 1.165) is 51.4 Å². The van der Waals surface area contributed by atoms with Gasteiger partial charge in [0, 0.05) is 12.8 Å². The molecule has 4 nitrogen and oxygen atoms in total. The van der Waals surface area contributed by atoms with Gasteiger partial charge in [-0.15, -0.1) is 0 Å². The minimum atomic E-state index is -0.0954. The second kappa shape index (κ2) is 23.4. The Hall–Kier alpha value is -1.84. The van der Waals surface area contributed by atoms with Crippen molar-refractivity contribution in [3.8, 4) is 0 Å². The van der Waals surface area contributed by atoms with Gasteiger partial charge in [0.2, 0.25) is 0 Å². The average Bonchev–Trinajstić information content (AvgIpc) is 2.76. The van der Waals surface area contributed by atoms with Gasteiger partial charge < -0.3 is 9.47 Å². The number of hydrogen-bond donors (Lipinski definition) is 0. The van der Waals surface area contributed by atoms with Crippen LogP contribution in [0.3, 0.4) is 0 Å². The molecule has 172 valence electrons. The number of carbonyl (C=O) groups excluding carboxylic acids is 2. The van der Waals surface area contributed by atoms with Gasteiger partial charge in [0.1, 0.15) is 0 Å². The maximum absolute atomic E-state index is 11.0. The number of unbranched alkanes of at least 4 members (excludes halogenated alkanes) is 10. The van der Waals surface area contributed by atoms with Crippen LogP contribution in [0.2, 0.25) is 0 Å². The molecule has 0 rings (SSSR count). The summed E-state index contributed by atoms with van der Waals surface area (Å²) >= 11 is 0. The van der Waals surface area contributed by atoms with Gasteiger partial charge in [-0.1, -0.05) is 75.0 Å². The van der Waals surface area contributed by atoms with E-state index in [4.69, 9.17) is 0 Å². The Kier molecular flexibility index (Phi) is 22.0. The van der Waals surface area contributed by atoms with Crippen LogP contribution in [0.5, 0.6) is 0 Å². The standard InChI is InChI=1S/C26H44O4/c1-29-25(27)23-21-19-17-15-13-11-9-7-5-3-4-6-8-10-12-14-16-18-20-22-24-26(28)30-2/h3-4,7-10H,5-6,11-24H2,1-2H3/b4-3+,9-7+,10-8+. The van der Waals surface area contributed by atoms with Crippen LogP contribution in [-0.4, -0.2) is 26.2 Å². The molecule has 0 spiro atoms. The SMILES string of the molecule is COC(=O)CCCCCCC/C=C/C/C=C/C/C=C/CCCCCCCC(=O)OC. The molecule has 30 heavy (non-hydrogen) atoms. The molecule has 0 aromatic carbocycles. The zero-order valence-corrected chi connectivity index (χ0v) is 19.4. The number of methoxy groups -OCH3 is 2. The zero-order chi connectivity index (χ0) is 22.1. The molecule has 0 aliphatic carbocycles. The quantitative estimate of drug-likeness (QED) is 0.118. The van der Waals surface area contributed by atoms with Gasteiger partial charge in [-0.25, -0.2) is 0 Å². The molecule has 0 saturated heterocycles. The molecule has 0 aromatic heterocycles. The fourth-order valence-corrected chi connectivity index (χ4v) is 3.11. The van der Waals surface area contributed by atoms with Crippen molar-refractivity contribution in [2.24, 2.45) is 0 Å². The van der Waals surface area contributed by atoms with E-state index in [9.17, 15) is 9.59 Å². The predicted molar refractivity (Wildman–Crippen MR) is 125 cm³/mol. The normalized spacial score (nSPS) is 11.7. The van der Waals surface area contributed by atoms with Crippen molar-refractivity contribution in [3.63, 3.8) is 0 Å². The number of esters is 2. The lowest BCUT2D eigenvalue weighted by Gasteiger charge is -2.00. The Balaban J connectivity index is 3.32. The minimum absolute atomic E-state index is 0.0954. The molecular formula is C26H44O4. The summed E-state index contributed by atoms with van der Waals surface area (Å²) in [7, 11) is 2.90. The van der Waals surface area contributed by atoms with Gasteiger partial charge in [-0.05, 0) is 51.4 Å². The highest BCUT2D eigenvalue weighted by Crippen LogP contribution is 2.09. The van der Waals surface area contributed by atoms with Crippen LogP contribution in [0.15, 0.2) is 36.5 Å². The Morgan fingerprint density at radius 1 is 0.500 bits per heavy atom. The van der Waals surface area contributed by atoms with Crippen molar-refractivity contribution in [1.82, 2.24) is 0 Å². The summed E-state index contributed by atoms with van der Waals surface area (Å²) in [6, 6.07) is 0. The Labute approximate surface area is 184 Å². The summed E-state index contributed by atoms with van der Waals surface area (Å²) < 4.78 is 9.27. The third-order valence-electron chi connectivity index (χ3n) is 5.00. The van der Waals surface area contributed by atoms with Gasteiger partial charge in [-0.2, -0.15) is 0 Å². The van der Waals surface area contributed by atoms with E-state index in [1.807, 2.05) is 0 Å². The van der Waals surface area contributed by atoms with Crippen molar-refractivity contribution in [2.45, 2.75) is 103 Å². The monoisotopic (exact) mass is 420 g/mol. The largest absolute Gasteiger partial charge is 0.469 e. The summed E-state index contributed by atoms with van der Waals surface area (Å²) in [5.74, 6) is -0.191. The highest BCUT2D eigenvalue weighted by atomic mass is 16.5. The lowest BCUT2D eigenvalue weighted by atomic mass is 10.1. The molecule has 0 amide bonds.